The summed E-state index contributed by atoms with van der Waals surface area (Å²) in [5.41, 5.74) is 28.8. The van der Waals surface area contributed by atoms with Gasteiger partial charge in [-0.2, -0.15) is 0 Å². The lowest BCUT2D eigenvalue weighted by atomic mass is 9.79. The number of hydrogen-bond donors (Lipinski definition) is 0. The van der Waals surface area contributed by atoms with Crippen molar-refractivity contribution >= 4 is 0 Å². The van der Waals surface area contributed by atoms with Crippen LogP contribution in [-0.4, -0.2) is 0 Å². The normalized spacial score (nSPS) is 15.2. The van der Waals surface area contributed by atoms with Gasteiger partial charge in [-0.15, -0.1) is 0 Å². The van der Waals surface area contributed by atoms with Crippen LogP contribution in [0.3, 0.4) is 0 Å². The molecule has 302 valence electrons. The van der Waals surface area contributed by atoms with E-state index in [2.05, 4.69) is 236 Å². The summed E-state index contributed by atoms with van der Waals surface area (Å²) >= 11 is 0. The summed E-state index contributed by atoms with van der Waals surface area (Å²) in [6, 6.07) is 73.3. The van der Waals surface area contributed by atoms with Gasteiger partial charge in [-0.05, 0) is 159 Å². The van der Waals surface area contributed by atoms with Gasteiger partial charge in [-0.1, -0.05) is 199 Å². The molecule has 0 spiro atoms. The van der Waals surface area contributed by atoms with E-state index in [1.54, 1.807) is 0 Å². The van der Waals surface area contributed by atoms with Gasteiger partial charge in [0.15, 0.2) is 0 Å². The van der Waals surface area contributed by atoms with Crippen molar-refractivity contribution in [2.75, 3.05) is 0 Å². The van der Waals surface area contributed by atoms with Gasteiger partial charge in [-0.3, -0.25) is 0 Å². The number of hydrogen-bond acceptors (Lipinski definition) is 0. The van der Waals surface area contributed by atoms with Crippen molar-refractivity contribution in [1.82, 2.24) is 0 Å². The molecule has 0 amide bonds. The molecule has 0 nitrogen and oxygen atoms in total. The monoisotopic (exact) mass is 806 g/mol. The van der Waals surface area contributed by atoms with E-state index in [4.69, 9.17) is 0 Å². The van der Waals surface area contributed by atoms with E-state index in [1.165, 1.54) is 122 Å². The second-order valence-corrected chi connectivity index (χ2v) is 19.7. The van der Waals surface area contributed by atoms with Crippen LogP contribution >= 0.6 is 0 Å². The standard InChI is InChI=1S/C63H50/c1-61(2)55-22-13-12-21-49(55)50-28-23-42(34-56(50)61)40-17-14-18-41(33-40)43-24-29-51-52-30-25-44(36-58(52)62(3,4)57(51)35-43)45-26-31-53-54-32-27-46(38-60(54)63(5,6)59(53)37-45)48-20-11-10-19-47(48)39-15-8-7-9-16-39/h7-38H,1-6H3. The van der Waals surface area contributed by atoms with Crippen LogP contribution in [-0.2, 0) is 16.2 Å². The zero-order valence-electron chi connectivity index (χ0n) is 37.0. The molecule has 0 saturated carbocycles. The molecule has 63 heavy (non-hydrogen) atoms. The molecule has 0 aliphatic heterocycles. The lowest BCUT2D eigenvalue weighted by Gasteiger charge is -2.24. The summed E-state index contributed by atoms with van der Waals surface area (Å²) in [6.07, 6.45) is 0. The average Bonchev–Trinajstić information content (AvgIpc) is 3.80. The van der Waals surface area contributed by atoms with Gasteiger partial charge in [0.1, 0.15) is 0 Å². The summed E-state index contributed by atoms with van der Waals surface area (Å²) in [6.45, 7) is 14.3. The molecular weight excluding hydrogens is 757 g/mol. The topological polar surface area (TPSA) is 0 Å². The van der Waals surface area contributed by atoms with E-state index in [0.717, 1.165) is 0 Å². The number of fused-ring (bicyclic) bond motifs is 9. The van der Waals surface area contributed by atoms with Crippen molar-refractivity contribution in [1.29, 1.82) is 0 Å². The quantitative estimate of drug-likeness (QED) is 0.163. The molecular formula is C63H50. The van der Waals surface area contributed by atoms with E-state index in [-0.39, 0.29) is 16.2 Å². The molecule has 0 N–H and O–H groups in total. The fourth-order valence-corrected chi connectivity index (χ4v) is 11.5. The van der Waals surface area contributed by atoms with Gasteiger partial charge in [-0.25, -0.2) is 0 Å². The van der Waals surface area contributed by atoms with Gasteiger partial charge < -0.3 is 0 Å². The van der Waals surface area contributed by atoms with Crippen LogP contribution in [0.2, 0.25) is 0 Å². The first-order valence-corrected chi connectivity index (χ1v) is 22.6. The summed E-state index contributed by atoms with van der Waals surface area (Å²) in [5.74, 6) is 0. The van der Waals surface area contributed by atoms with Crippen LogP contribution in [0.5, 0.6) is 0 Å². The third-order valence-corrected chi connectivity index (χ3v) is 15.1. The van der Waals surface area contributed by atoms with E-state index < -0.39 is 0 Å². The minimum Gasteiger partial charge on any atom is -0.0622 e. The van der Waals surface area contributed by atoms with Crippen molar-refractivity contribution in [3.8, 4) is 89.0 Å². The maximum Gasteiger partial charge on any atom is 0.0159 e. The Hall–Kier alpha value is -7.02. The molecule has 12 rings (SSSR count). The van der Waals surface area contributed by atoms with Gasteiger partial charge in [0, 0.05) is 16.2 Å². The molecule has 0 saturated heterocycles. The third-order valence-electron chi connectivity index (χ3n) is 15.1. The van der Waals surface area contributed by atoms with Crippen LogP contribution in [0, 0.1) is 0 Å². The predicted molar refractivity (Wildman–Crippen MR) is 266 cm³/mol. The van der Waals surface area contributed by atoms with Crippen LogP contribution in [0.15, 0.2) is 194 Å². The highest BCUT2D eigenvalue weighted by Gasteiger charge is 2.39. The Labute approximate surface area is 372 Å². The van der Waals surface area contributed by atoms with Gasteiger partial charge >= 0.3 is 0 Å². The van der Waals surface area contributed by atoms with Crippen molar-refractivity contribution in [2.24, 2.45) is 0 Å². The highest BCUT2D eigenvalue weighted by Crippen LogP contribution is 2.54. The number of benzene rings is 9. The Balaban J connectivity index is 0.849. The van der Waals surface area contributed by atoms with Crippen LogP contribution < -0.4 is 0 Å². The molecule has 9 aromatic rings. The maximum atomic E-state index is 2.47. The first kappa shape index (κ1) is 37.7. The Bertz CT molecular complexity index is 3350. The molecule has 0 heteroatoms. The SMILES string of the molecule is CC1(C)c2ccccc2-c2ccc(-c3cccc(-c4ccc5c(c4)C(C)(C)c4cc(-c6ccc7c(c6)C(C)(C)c6cc(-c8ccccc8-c8ccccc8)ccc6-7)ccc4-5)c3)cc21. The van der Waals surface area contributed by atoms with Crippen LogP contribution in [0.4, 0.5) is 0 Å². The minimum atomic E-state index is -0.145. The fraction of sp³-hybridized carbons (Fsp3) is 0.143. The van der Waals surface area contributed by atoms with Crippen molar-refractivity contribution in [2.45, 2.75) is 57.8 Å². The molecule has 0 aromatic heterocycles. The first-order valence-electron chi connectivity index (χ1n) is 22.6. The van der Waals surface area contributed by atoms with E-state index in [0.29, 0.717) is 0 Å². The highest BCUT2D eigenvalue weighted by atomic mass is 14.4. The average molecular weight is 807 g/mol. The van der Waals surface area contributed by atoms with E-state index in [1.807, 2.05) is 0 Å². The fourth-order valence-electron chi connectivity index (χ4n) is 11.5. The molecule has 0 fully saturated rings. The Morgan fingerprint density at radius 1 is 0.190 bits per heavy atom. The lowest BCUT2D eigenvalue weighted by molar-refractivity contribution is 0.660. The lowest BCUT2D eigenvalue weighted by Crippen LogP contribution is -2.15. The van der Waals surface area contributed by atoms with Crippen molar-refractivity contribution < 1.29 is 0 Å². The van der Waals surface area contributed by atoms with Gasteiger partial charge in [0.25, 0.3) is 0 Å². The second kappa shape index (κ2) is 13.5. The highest BCUT2D eigenvalue weighted by molar-refractivity contribution is 5.91. The molecule has 3 aliphatic rings. The largest absolute Gasteiger partial charge is 0.0622 e. The Kier molecular flexibility index (Phi) is 8.08. The van der Waals surface area contributed by atoms with E-state index in [9.17, 15) is 0 Å². The molecule has 0 radical (unpaired) electrons. The number of rotatable bonds is 5. The molecule has 9 aromatic carbocycles. The van der Waals surface area contributed by atoms with E-state index >= 15 is 0 Å². The molecule has 0 unspecified atom stereocenters. The van der Waals surface area contributed by atoms with Gasteiger partial charge in [0.05, 0.1) is 0 Å². The Morgan fingerprint density at radius 3 is 0.921 bits per heavy atom. The van der Waals surface area contributed by atoms with Crippen LogP contribution in [0.25, 0.3) is 89.0 Å². The maximum absolute atomic E-state index is 2.47. The zero-order valence-corrected chi connectivity index (χ0v) is 37.0. The first-order chi connectivity index (χ1) is 30.5. The summed E-state index contributed by atoms with van der Waals surface area (Å²) in [7, 11) is 0. The minimum absolute atomic E-state index is 0.0234. The smallest absolute Gasteiger partial charge is 0.0159 e. The molecule has 3 aliphatic carbocycles. The second-order valence-electron chi connectivity index (χ2n) is 19.7. The van der Waals surface area contributed by atoms with Crippen molar-refractivity contribution in [3.05, 3.63) is 228 Å². The molecule has 0 atom stereocenters. The third kappa shape index (κ3) is 5.60. The molecule has 0 bridgehead atoms. The van der Waals surface area contributed by atoms with Crippen LogP contribution in [0.1, 0.15) is 74.9 Å². The summed E-state index contributed by atoms with van der Waals surface area (Å²) in [5, 5.41) is 0. The predicted octanol–water partition coefficient (Wildman–Crippen LogP) is 16.9. The molecule has 0 heterocycles. The Morgan fingerprint density at radius 2 is 0.476 bits per heavy atom. The summed E-state index contributed by atoms with van der Waals surface area (Å²) in [4.78, 5) is 0. The van der Waals surface area contributed by atoms with Gasteiger partial charge in [0.2, 0.25) is 0 Å². The van der Waals surface area contributed by atoms with Crippen molar-refractivity contribution in [3.63, 3.8) is 0 Å². The zero-order chi connectivity index (χ0) is 42.8. The summed E-state index contributed by atoms with van der Waals surface area (Å²) < 4.78 is 0.